The summed E-state index contributed by atoms with van der Waals surface area (Å²) in [5.74, 6) is -0.185. The number of carbonyl (C=O) groups is 1. The van der Waals surface area contributed by atoms with Crippen LogP contribution in [-0.2, 0) is 4.74 Å². The number of amides is 1. The molecule has 0 aliphatic carbocycles. The van der Waals surface area contributed by atoms with Crippen molar-refractivity contribution in [3.8, 4) is 5.69 Å². The van der Waals surface area contributed by atoms with Crippen molar-refractivity contribution >= 4 is 29.1 Å². The van der Waals surface area contributed by atoms with E-state index in [0.29, 0.717) is 41.0 Å². The Labute approximate surface area is 144 Å². The summed E-state index contributed by atoms with van der Waals surface area (Å²) in [6.45, 7) is 2.59. The number of nitrogens with one attached hydrogen (secondary N) is 2. The number of hydrogen-bond donors (Lipinski definition) is 2. The van der Waals surface area contributed by atoms with Gasteiger partial charge in [0.25, 0.3) is 5.91 Å². The van der Waals surface area contributed by atoms with Crippen LogP contribution in [0.25, 0.3) is 5.69 Å². The van der Waals surface area contributed by atoms with E-state index in [1.54, 1.807) is 36.2 Å². The highest BCUT2D eigenvalue weighted by atomic mass is 35.5. The predicted molar refractivity (Wildman–Crippen MR) is 90.7 cm³/mol. The van der Waals surface area contributed by atoms with Gasteiger partial charge in [0.05, 0.1) is 29.1 Å². The molecule has 0 saturated carbocycles. The first kappa shape index (κ1) is 17.7. The van der Waals surface area contributed by atoms with Gasteiger partial charge in [0.1, 0.15) is 0 Å². The van der Waals surface area contributed by atoms with Crippen LogP contribution in [-0.4, -0.2) is 49.0 Å². The fourth-order valence-corrected chi connectivity index (χ4v) is 2.40. The van der Waals surface area contributed by atoms with Gasteiger partial charge >= 0.3 is 0 Å². The van der Waals surface area contributed by atoms with E-state index in [1.165, 1.54) is 6.20 Å². The summed E-state index contributed by atoms with van der Waals surface area (Å²) in [6, 6.07) is 5.10. The van der Waals surface area contributed by atoms with E-state index >= 15 is 0 Å². The van der Waals surface area contributed by atoms with Gasteiger partial charge in [-0.1, -0.05) is 23.2 Å². The molecule has 2 rings (SSSR count). The van der Waals surface area contributed by atoms with Crippen molar-refractivity contribution in [2.75, 3.05) is 33.4 Å². The first-order chi connectivity index (χ1) is 11.1. The molecule has 124 valence electrons. The fourth-order valence-electron chi connectivity index (χ4n) is 1.90. The molecule has 0 bridgehead atoms. The summed E-state index contributed by atoms with van der Waals surface area (Å²) in [5, 5.41) is 11.1. The number of benzene rings is 1. The highest BCUT2D eigenvalue weighted by Crippen LogP contribution is 2.24. The third kappa shape index (κ3) is 5.21. The van der Waals surface area contributed by atoms with Gasteiger partial charge in [0, 0.05) is 38.0 Å². The third-order valence-corrected chi connectivity index (χ3v) is 3.61. The molecule has 0 saturated heterocycles. The standard InChI is InChI=1S/C15H18Cl2N4O2/c1-23-7-6-18-4-5-19-15(22)11-9-20-21(10-11)14-3-2-12(16)8-13(14)17/h2-3,8-10,18H,4-7H2,1H3,(H,19,22). The molecule has 0 radical (unpaired) electrons. The number of carbonyl (C=O) groups excluding carboxylic acids is 1. The lowest BCUT2D eigenvalue weighted by Gasteiger charge is -2.05. The first-order valence-corrected chi connectivity index (χ1v) is 7.85. The molecule has 1 heterocycles. The predicted octanol–water partition coefficient (Wildman–Crippen LogP) is 2.14. The van der Waals surface area contributed by atoms with Crippen LogP contribution in [0.15, 0.2) is 30.6 Å². The van der Waals surface area contributed by atoms with E-state index < -0.39 is 0 Å². The van der Waals surface area contributed by atoms with Crippen molar-refractivity contribution in [2.45, 2.75) is 0 Å². The molecule has 1 aromatic heterocycles. The van der Waals surface area contributed by atoms with Crippen molar-refractivity contribution < 1.29 is 9.53 Å². The third-order valence-electron chi connectivity index (χ3n) is 3.07. The van der Waals surface area contributed by atoms with Gasteiger partial charge in [-0.05, 0) is 18.2 Å². The lowest BCUT2D eigenvalue weighted by molar-refractivity contribution is 0.0953. The van der Waals surface area contributed by atoms with Gasteiger partial charge < -0.3 is 15.4 Å². The highest BCUT2D eigenvalue weighted by Gasteiger charge is 2.10. The summed E-state index contributed by atoms with van der Waals surface area (Å²) in [7, 11) is 1.65. The van der Waals surface area contributed by atoms with E-state index in [2.05, 4.69) is 15.7 Å². The maximum absolute atomic E-state index is 12.0. The number of rotatable bonds is 8. The van der Waals surface area contributed by atoms with Gasteiger partial charge in [0.15, 0.2) is 0 Å². The number of ether oxygens (including phenoxy) is 1. The van der Waals surface area contributed by atoms with Crippen LogP contribution in [0.5, 0.6) is 0 Å². The Morgan fingerprint density at radius 3 is 2.87 bits per heavy atom. The Hall–Kier alpha value is -1.60. The molecule has 0 unspecified atom stereocenters. The van der Waals surface area contributed by atoms with Gasteiger partial charge in [-0.15, -0.1) is 0 Å². The van der Waals surface area contributed by atoms with Crippen LogP contribution in [0.4, 0.5) is 0 Å². The Kier molecular flexibility index (Phi) is 6.85. The lowest BCUT2D eigenvalue weighted by Crippen LogP contribution is -2.32. The van der Waals surface area contributed by atoms with E-state index in [9.17, 15) is 4.79 Å². The molecule has 8 heteroatoms. The molecule has 0 spiro atoms. The smallest absolute Gasteiger partial charge is 0.254 e. The second-order valence-corrected chi connectivity index (χ2v) is 5.61. The molecule has 1 amide bonds. The van der Waals surface area contributed by atoms with Crippen LogP contribution in [0.2, 0.25) is 10.0 Å². The highest BCUT2D eigenvalue weighted by molar-refractivity contribution is 6.35. The number of aromatic nitrogens is 2. The molecule has 0 fully saturated rings. The molecular weight excluding hydrogens is 339 g/mol. The van der Waals surface area contributed by atoms with E-state index in [4.69, 9.17) is 27.9 Å². The molecule has 2 aromatic rings. The molecule has 23 heavy (non-hydrogen) atoms. The van der Waals surface area contributed by atoms with E-state index in [0.717, 1.165) is 6.54 Å². The maximum atomic E-state index is 12.0. The second-order valence-electron chi connectivity index (χ2n) is 4.77. The van der Waals surface area contributed by atoms with Crippen molar-refractivity contribution in [2.24, 2.45) is 0 Å². The summed E-state index contributed by atoms with van der Waals surface area (Å²) in [4.78, 5) is 12.0. The Morgan fingerprint density at radius 2 is 2.13 bits per heavy atom. The van der Waals surface area contributed by atoms with E-state index in [-0.39, 0.29) is 5.91 Å². The minimum Gasteiger partial charge on any atom is -0.383 e. The molecule has 0 atom stereocenters. The molecule has 0 aliphatic heterocycles. The fraction of sp³-hybridized carbons (Fsp3) is 0.333. The maximum Gasteiger partial charge on any atom is 0.254 e. The molecular formula is C15H18Cl2N4O2. The van der Waals surface area contributed by atoms with Gasteiger partial charge in [-0.3, -0.25) is 4.79 Å². The Morgan fingerprint density at radius 1 is 1.30 bits per heavy atom. The molecule has 1 aromatic carbocycles. The minimum absolute atomic E-state index is 0.185. The normalized spacial score (nSPS) is 10.7. The molecule has 0 aliphatic rings. The quantitative estimate of drug-likeness (QED) is 0.711. The molecule has 6 nitrogen and oxygen atoms in total. The van der Waals surface area contributed by atoms with Crippen LogP contribution < -0.4 is 10.6 Å². The van der Waals surface area contributed by atoms with Crippen LogP contribution in [0.3, 0.4) is 0 Å². The largest absolute Gasteiger partial charge is 0.383 e. The Balaban J connectivity index is 1.90. The monoisotopic (exact) mass is 356 g/mol. The van der Waals surface area contributed by atoms with Crippen molar-refractivity contribution in [1.29, 1.82) is 0 Å². The zero-order valence-electron chi connectivity index (χ0n) is 12.7. The van der Waals surface area contributed by atoms with Crippen molar-refractivity contribution in [3.63, 3.8) is 0 Å². The molecule has 2 N–H and O–H groups in total. The second kappa shape index (κ2) is 8.88. The van der Waals surface area contributed by atoms with E-state index in [1.807, 2.05) is 0 Å². The summed E-state index contributed by atoms with van der Waals surface area (Å²) < 4.78 is 6.47. The number of hydrogen-bond acceptors (Lipinski definition) is 4. The summed E-state index contributed by atoms with van der Waals surface area (Å²) in [5.41, 5.74) is 1.13. The Bertz CT molecular complexity index is 661. The lowest BCUT2D eigenvalue weighted by atomic mass is 10.3. The van der Waals surface area contributed by atoms with Gasteiger partial charge in [-0.2, -0.15) is 5.10 Å². The first-order valence-electron chi connectivity index (χ1n) is 7.10. The van der Waals surface area contributed by atoms with Crippen LogP contribution in [0, 0.1) is 0 Å². The topological polar surface area (TPSA) is 68.2 Å². The number of methoxy groups -OCH3 is 1. The van der Waals surface area contributed by atoms with Gasteiger partial charge in [0.2, 0.25) is 0 Å². The SMILES string of the molecule is COCCNCCNC(=O)c1cnn(-c2ccc(Cl)cc2Cl)c1. The zero-order valence-corrected chi connectivity index (χ0v) is 14.2. The number of halogens is 2. The summed E-state index contributed by atoms with van der Waals surface area (Å²) in [6.07, 6.45) is 3.13. The number of nitrogens with zero attached hydrogens (tertiary/aromatic N) is 2. The average molecular weight is 357 g/mol. The van der Waals surface area contributed by atoms with Gasteiger partial charge in [-0.25, -0.2) is 4.68 Å². The zero-order chi connectivity index (χ0) is 16.7. The van der Waals surface area contributed by atoms with Crippen LogP contribution >= 0.6 is 23.2 Å². The average Bonchev–Trinajstić information content (AvgIpc) is 3.00. The van der Waals surface area contributed by atoms with Crippen molar-refractivity contribution in [1.82, 2.24) is 20.4 Å². The van der Waals surface area contributed by atoms with Crippen LogP contribution in [0.1, 0.15) is 10.4 Å². The summed E-state index contributed by atoms with van der Waals surface area (Å²) >= 11 is 12.0. The minimum atomic E-state index is -0.185. The van der Waals surface area contributed by atoms with Crippen molar-refractivity contribution in [3.05, 3.63) is 46.2 Å².